The number of halogens is 1. The molecule has 0 fully saturated rings. The van der Waals surface area contributed by atoms with E-state index < -0.39 is 6.10 Å². The van der Waals surface area contributed by atoms with Crippen molar-refractivity contribution in [2.45, 2.75) is 23.7 Å². The van der Waals surface area contributed by atoms with Crippen LogP contribution in [0, 0.1) is 5.82 Å². The largest absolute Gasteiger partial charge is 0.468 e. The molecule has 0 unspecified atom stereocenters. The molecule has 2 aromatic rings. The number of thioether (sulfide) groups is 1. The minimum absolute atomic E-state index is 0.330. The topological polar surface area (TPSA) is 33.4 Å². The van der Waals surface area contributed by atoms with Crippen molar-refractivity contribution in [3.8, 4) is 0 Å². The molecular formula is C13H13FO2S. The lowest BCUT2D eigenvalue weighted by Gasteiger charge is -2.11. The fraction of sp³-hybridized carbons (Fsp3) is 0.231. The van der Waals surface area contributed by atoms with Crippen molar-refractivity contribution in [1.29, 1.82) is 0 Å². The summed E-state index contributed by atoms with van der Waals surface area (Å²) in [4.78, 5) is 0.873. The normalized spacial score (nSPS) is 12.6. The molecular weight excluding hydrogens is 239 g/mol. The number of benzene rings is 1. The molecule has 0 bridgehead atoms. The van der Waals surface area contributed by atoms with Crippen LogP contribution in [-0.4, -0.2) is 5.11 Å². The summed E-state index contributed by atoms with van der Waals surface area (Å²) in [5.41, 5.74) is 0.613. The molecule has 0 saturated carbocycles. The van der Waals surface area contributed by atoms with Crippen LogP contribution in [-0.2, 0) is 5.75 Å². The van der Waals surface area contributed by atoms with Gasteiger partial charge in [-0.05, 0) is 42.8 Å². The van der Waals surface area contributed by atoms with E-state index in [0.717, 1.165) is 10.7 Å². The minimum Gasteiger partial charge on any atom is -0.468 e. The van der Waals surface area contributed by atoms with Gasteiger partial charge in [-0.15, -0.1) is 11.8 Å². The summed E-state index contributed by atoms with van der Waals surface area (Å²) in [6.45, 7) is 1.63. The highest BCUT2D eigenvalue weighted by Gasteiger charge is 2.10. The second-order valence-electron chi connectivity index (χ2n) is 3.73. The molecule has 17 heavy (non-hydrogen) atoms. The van der Waals surface area contributed by atoms with Gasteiger partial charge in [-0.3, -0.25) is 0 Å². The van der Waals surface area contributed by atoms with Gasteiger partial charge >= 0.3 is 0 Å². The molecule has 1 aromatic carbocycles. The van der Waals surface area contributed by atoms with Gasteiger partial charge in [-0.1, -0.05) is 0 Å². The van der Waals surface area contributed by atoms with Crippen LogP contribution in [0.5, 0.6) is 0 Å². The number of aliphatic hydroxyl groups is 1. The standard InChI is InChI=1S/C13H13FO2S/c1-9(15)12-7-10(14)4-5-13(12)17-8-11-3-2-6-16-11/h2-7,9,15H,8H2,1H3/t9-/m1/s1. The lowest BCUT2D eigenvalue weighted by Crippen LogP contribution is -1.95. The molecule has 1 atom stereocenters. The summed E-state index contributed by atoms with van der Waals surface area (Å²) in [6, 6.07) is 8.17. The van der Waals surface area contributed by atoms with Crippen LogP contribution in [0.3, 0.4) is 0 Å². The zero-order chi connectivity index (χ0) is 12.3. The van der Waals surface area contributed by atoms with Crippen molar-refractivity contribution in [3.63, 3.8) is 0 Å². The maximum absolute atomic E-state index is 13.1. The molecule has 0 aliphatic rings. The number of hydrogen-bond acceptors (Lipinski definition) is 3. The number of aliphatic hydroxyl groups excluding tert-OH is 1. The van der Waals surface area contributed by atoms with Crippen LogP contribution >= 0.6 is 11.8 Å². The predicted molar refractivity (Wildman–Crippen MR) is 65.3 cm³/mol. The summed E-state index contributed by atoms with van der Waals surface area (Å²) in [5, 5.41) is 9.58. The smallest absolute Gasteiger partial charge is 0.123 e. The highest BCUT2D eigenvalue weighted by molar-refractivity contribution is 7.98. The maximum Gasteiger partial charge on any atom is 0.123 e. The molecule has 1 heterocycles. The minimum atomic E-state index is -0.676. The third kappa shape index (κ3) is 3.11. The van der Waals surface area contributed by atoms with Crippen LogP contribution in [0.1, 0.15) is 24.4 Å². The van der Waals surface area contributed by atoms with Crippen LogP contribution in [0.25, 0.3) is 0 Å². The van der Waals surface area contributed by atoms with Crippen molar-refractivity contribution < 1.29 is 13.9 Å². The summed E-state index contributed by atoms with van der Waals surface area (Å²) in [7, 11) is 0. The average Bonchev–Trinajstić information content (AvgIpc) is 2.80. The van der Waals surface area contributed by atoms with E-state index in [2.05, 4.69) is 0 Å². The molecule has 1 aromatic heterocycles. The quantitative estimate of drug-likeness (QED) is 0.841. The number of rotatable bonds is 4. The Morgan fingerprint density at radius 3 is 2.88 bits per heavy atom. The number of hydrogen-bond donors (Lipinski definition) is 1. The van der Waals surface area contributed by atoms with Crippen LogP contribution in [0.15, 0.2) is 45.9 Å². The highest BCUT2D eigenvalue weighted by atomic mass is 32.2. The van der Waals surface area contributed by atoms with Gasteiger partial charge < -0.3 is 9.52 Å². The van der Waals surface area contributed by atoms with E-state index >= 15 is 0 Å². The Kier molecular flexibility index (Phi) is 3.86. The van der Waals surface area contributed by atoms with E-state index in [0.29, 0.717) is 11.3 Å². The lowest BCUT2D eigenvalue weighted by molar-refractivity contribution is 0.196. The Bertz CT molecular complexity index is 480. The van der Waals surface area contributed by atoms with E-state index in [1.165, 1.54) is 23.9 Å². The van der Waals surface area contributed by atoms with E-state index in [9.17, 15) is 9.50 Å². The monoisotopic (exact) mass is 252 g/mol. The third-order valence-electron chi connectivity index (χ3n) is 2.37. The predicted octanol–water partition coefficient (Wildman–Crippen LogP) is 3.76. The average molecular weight is 252 g/mol. The van der Waals surface area contributed by atoms with E-state index in [-0.39, 0.29) is 5.82 Å². The molecule has 2 rings (SSSR count). The van der Waals surface area contributed by atoms with Crippen molar-refractivity contribution in [2.24, 2.45) is 0 Å². The van der Waals surface area contributed by atoms with Gasteiger partial charge in [0.05, 0.1) is 18.1 Å². The third-order valence-corrected chi connectivity index (χ3v) is 3.48. The lowest BCUT2D eigenvalue weighted by atomic mass is 10.1. The first kappa shape index (κ1) is 12.2. The Hall–Kier alpha value is -1.26. The van der Waals surface area contributed by atoms with Crippen LogP contribution in [0.4, 0.5) is 4.39 Å². The second kappa shape index (κ2) is 5.38. The molecule has 0 amide bonds. The van der Waals surface area contributed by atoms with E-state index in [1.54, 1.807) is 19.3 Å². The summed E-state index contributed by atoms with van der Waals surface area (Å²) < 4.78 is 18.3. The van der Waals surface area contributed by atoms with Gasteiger partial charge in [-0.25, -0.2) is 4.39 Å². The first-order valence-electron chi connectivity index (χ1n) is 5.29. The molecule has 0 spiro atoms. The molecule has 0 aliphatic heterocycles. The molecule has 2 nitrogen and oxygen atoms in total. The van der Waals surface area contributed by atoms with Crippen molar-refractivity contribution in [3.05, 3.63) is 53.7 Å². The van der Waals surface area contributed by atoms with Gasteiger partial charge in [0, 0.05) is 4.90 Å². The van der Waals surface area contributed by atoms with Gasteiger partial charge in [0.25, 0.3) is 0 Å². The highest BCUT2D eigenvalue weighted by Crippen LogP contribution is 2.30. The van der Waals surface area contributed by atoms with Gasteiger partial charge in [0.1, 0.15) is 11.6 Å². The van der Waals surface area contributed by atoms with Crippen molar-refractivity contribution in [1.82, 2.24) is 0 Å². The zero-order valence-electron chi connectivity index (χ0n) is 9.39. The Balaban J connectivity index is 2.14. The second-order valence-corrected chi connectivity index (χ2v) is 4.74. The summed E-state index contributed by atoms with van der Waals surface area (Å²) in [5.74, 6) is 1.19. The van der Waals surface area contributed by atoms with Crippen LogP contribution in [0.2, 0.25) is 0 Å². The molecule has 0 aliphatic carbocycles. The molecule has 0 saturated heterocycles. The number of furan rings is 1. The molecule has 90 valence electrons. The van der Waals surface area contributed by atoms with Crippen LogP contribution < -0.4 is 0 Å². The van der Waals surface area contributed by atoms with Crippen molar-refractivity contribution >= 4 is 11.8 Å². The summed E-state index contributed by atoms with van der Waals surface area (Å²) in [6.07, 6.45) is 0.945. The Morgan fingerprint density at radius 1 is 1.41 bits per heavy atom. The fourth-order valence-electron chi connectivity index (χ4n) is 1.52. The van der Waals surface area contributed by atoms with Gasteiger partial charge in [0.15, 0.2) is 0 Å². The van der Waals surface area contributed by atoms with E-state index in [1.807, 2.05) is 12.1 Å². The molecule has 4 heteroatoms. The van der Waals surface area contributed by atoms with Gasteiger partial charge in [-0.2, -0.15) is 0 Å². The summed E-state index contributed by atoms with van der Waals surface area (Å²) >= 11 is 1.52. The SMILES string of the molecule is C[C@@H](O)c1cc(F)ccc1SCc1ccco1. The van der Waals surface area contributed by atoms with Crippen molar-refractivity contribution in [2.75, 3.05) is 0 Å². The Labute approximate surface area is 103 Å². The zero-order valence-corrected chi connectivity index (χ0v) is 10.2. The van der Waals surface area contributed by atoms with E-state index in [4.69, 9.17) is 4.42 Å². The fourth-order valence-corrected chi connectivity index (χ4v) is 2.54. The first-order valence-corrected chi connectivity index (χ1v) is 6.28. The maximum atomic E-state index is 13.1. The molecule has 1 N–H and O–H groups in total. The molecule has 0 radical (unpaired) electrons. The Morgan fingerprint density at radius 2 is 2.24 bits per heavy atom. The van der Waals surface area contributed by atoms with Gasteiger partial charge in [0.2, 0.25) is 0 Å². The first-order chi connectivity index (χ1) is 8.16.